The Bertz CT molecular complexity index is 459. The molecule has 1 amide bonds. The second-order valence-electron chi connectivity index (χ2n) is 5.30. The molecule has 5 heteroatoms. The van der Waals surface area contributed by atoms with Crippen molar-refractivity contribution in [1.82, 2.24) is 5.32 Å². The highest BCUT2D eigenvalue weighted by Gasteiger charge is 2.17. The summed E-state index contributed by atoms with van der Waals surface area (Å²) in [6, 6.07) is 7.74. The third-order valence-electron chi connectivity index (χ3n) is 3.70. The molecular weight excluding hydrogens is 268 g/mol. The van der Waals surface area contributed by atoms with E-state index in [1.807, 2.05) is 31.2 Å². The van der Waals surface area contributed by atoms with Crippen LogP contribution in [-0.2, 0) is 9.53 Å². The summed E-state index contributed by atoms with van der Waals surface area (Å²) in [5.41, 5.74) is 7.00. The summed E-state index contributed by atoms with van der Waals surface area (Å²) in [6.45, 7) is 3.46. The lowest BCUT2D eigenvalue weighted by molar-refractivity contribution is -0.124. The van der Waals surface area contributed by atoms with Crippen molar-refractivity contribution in [3.8, 4) is 5.75 Å². The van der Waals surface area contributed by atoms with E-state index in [1.165, 1.54) is 0 Å². The first kappa shape index (κ1) is 15.8. The van der Waals surface area contributed by atoms with Crippen LogP contribution >= 0.6 is 0 Å². The quantitative estimate of drug-likeness (QED) is 0.838. The van der Waals surface area contributed by atoms with E-state index in [9.17, 15) is 4.79 Å². The van der Waals surface area contributed by atoms with Gasteiger partial charge in [0.25, 0.3) is 5.91 Å². The van der Waals surface area contributed by atoms with Gasteiger partial charge < -0.3 is 20.5 Å². The lowest BCUT2D eigenvalue weighted by Crippen LogP contribution is -2.41. The Hall–Kier alpha value is -1.59. The minimum absolute atomic E-state index is 0.0187. The van der Waals surface area contributed by atoms with E-state index >= 15 is 0 Å². The fourth-order valence-electron chi connectivity index (χ4n) is 2.39. The molecule has 21 heavy (non-hydrogen) atoms. The molecule has 1 aliphatic rings. The van der Waals surface area contributed by atoms with Gasteiger partial charge >= 0.3 is 0 Å². The topological polar surface area (TPSA) is 73.6 Å². The number of nitrogens with two attached hydrogens (primary N) is 1. The Kier molecular flexibility index (Phi) is 6.02. The average Bonchev–Trinajstić information content (AvgIpc) is 2.53. The maximum Gasteiger partial charge on any atom is 0.258 e. The van der Waals surface area contributed by atoms with Crippen molar-refractivity contribution in [2.24, 2.45) is 5.73 Å². The highest BCUT2D eigenvalue weighted by Crippen LogP contribution is 2.25. The SMILES string of the molecule is CC[C@H](N)c1ccccc1OCC(=O)NC1CCOCC1. The van der Waals surface area contributed by atoms with Crippen molar-refractivity contribution in [1.29, 1.82) is 0 Å². The number of carbonyl (C=O) groups excluding carboxylic acids is 1. The van der Waals surface area contributed by atoms with Crippen LogP contribution in [-0.4, -0.2) is 31.8 Å². The molecule has 0 aliphatic carbocycles. The van der Waals surface area contributed by atoms with E-state index in [0.717, 1.165) is 24.8 Å². The molecule has 0 spiro atoms. The molecular formula is C16H24N2O3. The molecule has 2 rings (SSSR count). The number of benzene rings is 1. The number of hydrogen-bond acceptors (Lipinski definition) is 4. The molecule has 3 N–H and O–H groups in total. The lowest BCUT2D eigenvalue weighted by atomic mass is 10.0. The van der Waals surface area contributed by atoms with Crippen LogP contribution in [0.1, 0.15) is 37.8 Å². The van der Waals surface area contributed by atoms with Gasteiger partial charge in [-0.05, 0) is 25.3 Å². The molecule has 5 nitrogen and oxygen atoms in total. The largest absolute Gasteiger partial charge is 0.483 e. The predicted molar refractivity (Wildman–Crippen MR) is 81.1 cm³/mol. The monoisotopic (exact) mass is 292 g/mol. The van der Waals surface area contributed by atoms with Gasteiger partial charge in [-0.2, -0.15) is 0 Å². The smallest absolute Gasteiger partial charge is 0.258 e. The third-order valence-corrected chi connectivity index (χ3v) is 3.70. The van der Waals surface area contributed by atoms with Gasteiger partial charge in [-0.15, -0.1) is 0 Å². The van der Waals surface area contributed by atoms with Crippen LogP contribution in [0.2, 0.25) is 0 Å². The van der Waals surface area contributed by atoms with E-state index in [-0.39, 0.29) is 24.6 Å². The normalized spacial score (nSPS) is 17.2. The molecule has 0 saturated carbocycles. The average molecular weight is 292 g/mol. The first-order valence-corrected chi connectivity index (χ1v) is 7.55. The van der Waals surface area contributed by atoms with Crippen molar-refractivity contribution < 1.29 is 14.3 Å². The zero-order valence-corrected chi connectivity index (χ0v) is 12.5. The Morgan fingerprint density at radius 2 is 2.14 bits per heavy atom. The van der Waals surface area contributed by atoms with E-state index < -0.39 is 0 Å². The van der Waals surface area contributed by atoms with Crippen molar-refractivity contribution in [2.45, 2.75) is 38.3 Å². The molecule has 1 fully saturated rings. The molecule has 1 heterocycles. The molecule has 116 valence electrons. The number of nitrogens with one attached hydrogen (secondary N) is 1. The standard InChI is InChI=1S/C16H24N2O3/c1-2-14(17)13-5-3-4-6-15(13)21-11-16(19)18-12-7-9-20-10-8-12/h3-6,12,14H,2,7-11,17H2,1H3,(H,18,19)/t14-/m0/s1. The molecule has 0 radical (unpaired) electrons. The van der Waals surface area contributed by atoms with Crippen LogP contribution in [0, 0.1) is 0 Å². The maximum atomic E-state index is 11.9. The summed E-state index contributed by atoms with van der Waals surface area (Å²) in [6.07, 6.45) is 2.56. The number of para-hydroxylation sites is 1. The van der Waals surface area contributed by atoms with E-state index in [4.69, 9.17) is 15.2 Å². The molecule has 1 saturated heterocycles. The van der Waals surface area contributed by atoms with Crippen molar-refractivity contribution in [3.05, 3.63) is 29.8 Å². The highest BCUT2D eigenvalue weighted by atomic mass is 16.5. The highest BCUT2D eigenvalue weighted by molar-refractivity contribution is 5.77. The lowest BCUT2D eigenvalue weighted by Gasteiger charge is -2.23. The van der Waals surface area contributed by atoms with Gasteiger partial charge in [0, 0.05) is 30.9 Å². The Morgan fingerprint density at radius 1 is 1.43 bits per heavy atom. The Balaban J connectivity index is 1.86. The number of amides is 1. The second kappa shape index (κ2) is 8.00. The number of rotatable bonds is 6. The summed E-state index contributed by atoms with van der Waals surface area (Å²) < 4.78 is 10.9. The second-order valence-corrected chi connectivity index (χ2v) is 5.30. The van der Waals surface area contributed by atoms with E-state index in [2.05, 4.69) is 5.32 Å². The Morgan fingerprint density at radius 3 is 2.86 bits per heavy atom. The van der Waals surface area contributed by atoms with Gasteiger partial charge in [0.1, 0.15) is 5.75 Å². The van der Waals surface area contributed by atoms with Gasteiger partial charge in [0.05, 0.1) is 0 Å². The first-order valence-electron chi connectivity index (χ1n) is 7.55. The zero-order chi connectivity index (χ0) is 15.1. The molecule has 0 aromatic heterocycles. The summed E-state index contributed by atoms with van der Waals surface area (Å²) in [5.74, 6) is 0.593. The van der Waals surface area contributed by atoms with Crippen molar-refractivity contribution in [3.63, 3.8) is 0 Å². The summed E-state index contributed by atoms with van der Waals surface area (Å²) in [4.78, 5) is 11.9. The van der Waals surface area contributed by atoms with Crippen LogP contribution in [0.4, 0.5) is 0 Å². The van der Waals surface area contributed by atoms with Crippen LogP contribution in [0.15, 0.2) is 24.3 Å². The molecule has 1 atom stereocenters. The number of hydrogen-bond donors (Lipinski definition) is 2. The van der Waals surface area contributed by atoms with Crippen molar-refractivity contribution >= 4 is 5.91 Å². The molecule has 1 aromatic carbocycles. The Labute approximate surface area is 125 Å². The summed E-state index contributed by atoms with van der Waals surface area (Å²) >= 11 is 0. The van der Waals surface area contributed by atoms with Gasteiger partial charge in [-0.3, -0.25) is 4.79 Å². The molecule has 0 bridgehead atoms. The fraction of sp³-hybridized carbons (Fsp3) is 0.562. The fourth-order valence-corrected chi connectivity index (χ4v) is 2.39. The van der Waals surface area contributed by atoms with E-state index in [1.54, 1.807) is 0 Å². The minimum Gasteiger partial charge on any atom is -0.483 e. The van der Waals surface area contributed by atoms with Gasteiger partial charge in [0.2, 0.25) is 0 Å². The van der Waals surface area contributed by atoms with Crippen LogP contribution < -0.4 is 15.8 Å². The molecule has 1 aromatic rings. The number of carbonyl (C=O) groups is 1. The van der Waals surface area contributed by atoms with Crippen LogP contribution in [0.25, 0.3) is 0 Å². The van der Waals surface area contributed by atoms with E-state index in [0.29, 0.717) is 19.0 Å². The minimum atomic E-state index is -0.0956. The maximum absolute atomic E-state index is 11.9. The number of ether oxygens (including phenoxy) is 2. The first-order chi connectivity index (χ1) is 10.2. The van der Waals surface area contributed by atoms with Crippen molar-refractivity contribution in [2.75, 3.05) is 19.8 Å². The zero-order valence-electron chi connectivity index (χ0n) is 12.5. The summed E-state index contributed by atoms with van der Waals surface area (Å²) in [5, 5.41) is 2.98. The molecule has 1 aliphatic heterocycles. The predicted octanol–water partition coefficient (Wildman–Crippen LogP) is 1.77. The van der Waals surface area contributed by atoms with Crippen LogP contribution in [0.5, 0.6) is 5.75 Å². The van der Waals surface area contributed by atoms with Gasteiger partial charge in [0.15, 0.2) is 6.61 Å². The van der Waals surface area contributed by atoms with Gasteiger partial charge in [-0.25, -0.2) is 0 Å². The summed E-state index contributed by atoms with van der Waals surface area (Å²) in [7, 11) is 0. The van der Waals surface area contributed by atoms with Gasteiger partial charge in [-0.1, -0.05) is 25.1 Å². The van der Waals surface area contributed by atoms with Crippen LogP contribution in [0.3, 0.4) is 0 Å². The third kappa shape index (κ3) is 4.72. The molecule has 0 unspecified atom stereocenters.